The molecule has 0 saturated heterocycles. The van der Waals surface area contributed by atoms with E-state index >= 15 is 0 Å². The van der Waals surface area contributed by atoms with Crippen LogP contribution in [0.15, 0.2) is 46.9 Å². The summed E-state index contributed by atoms with van der Waals surface area (Å²) in [7, 11) is 1.33. The van der Waals surface area contributed by atoms with E-state index in [-0.39, 0.29) is 18.1 Å². The van der Waals surface area contributed by atoms with Crippen molar-refractivity contribution in [3.63, 3.8) is 0 Å². The van der Waals surface area contributed by atoms with Gasteiger partial charge in [-0.2, -0.15) is 0 Å². The molecular weight excluding hydrogens is 301 g/mol. The Kier molecular flexibility index (Phi) is 5.68. The van der Waals surface area contributed by atoms with Crippen molar-refractivity contribution in [2.24, 2.45) is 0 Å². The lowest BCUT2D eigenvalue weighted by Gasteiger charge is -2.02. The van der Waals surface area contributed by atoms with Crippen LogP contribution in [0.4, 0.5) is 10.1 Å². The third-order valence-electron chi connectivity index (χ3n) is 3.02. The molecule has 120 valence electrons. The van der Waals surface area contributed by atoms with Gasteiger partial charge in [0.15, 0.2) is 0 Å². The number of halogens is 1. The molecule has 1 aromatic carbocycles. The van der Waals surface area contributed by atoms with Crippen LogP contribution in [-0.2, 0) is 20.7 Å². The van der Waals surface area contributed by atoms with Crippen molar-refractivity contribution in [1.82, 2.24) is 0 Å². The predicted molar refractivity (Wildman–Crippen MR) is 83.1 cm³/mol. The van der Waals surface area contributed by atoms with Gasteiger partial charge in [-0.15, -0.1) is 0 Å². The first-order chi connectivity index (χ1) is 11.1. The molecule has 0 aliphatic carbocycles. The van der Waals surface area contributed by atoms with Gasteiger partial charge < -0.3 is 14.5 Å². The fraction of sp³-hybridized carbons (Fsp3) is 0.176. The van der Waals surface area contributed by atoms with E-state index in [1.807, 2.05) is 0 Å². The highest BCUT2D eigenvalue weighted by Crippen LogP contribution is 2.14. The van der Waals surface area contributed by atoms with Gasteiger partial charge in [-0.1, -0.05) is 12.1 Å². The molecule has 0 aliphatic rings. The van der Waals surface area contributed by atoms with Gasteiger partial charge in [0.2, 0.25) is 5.91 Å². The van der Waals surface area contributed by atoms with Gasteiger partial charge in [0.25, 0.3) is 0 Å². The van der Waals surface area contributed by atoms with Crippen LogP contribution < -0.4 is 5.32 Å². The Morgan fingerprint density at radius 1 is 1.26 bits per heavy atom. The smallest absolute Gasteiger partial charge is 0.305 e. The van der Waals surface area contributed by atoms with E-state index in [9.17, 15) is 14.0 Å². The second-order valence-corrected chi connectivity index (χ2v) is 4.68. The maximum atomic E-state index is 13.4. The van der Waals surface area contributed by atoms with Crippen molar-refractivity contribution in [2.45, 2.75) is 12.8 Å². The van der Waals surface area contributed by atoms with Crippen LogP contribution in [0.1, 0.15) is 17.9 Å². The number of methoxy groups -OCH3 is 1. The van der Waals surface area contributed by atoms with Gasteiger partial charge in [0, 0.05) is 12.5 Å². The van der Waals surface area contributed by atoms with Gasteiger partial charge in [-0.25, -0.2) is 4.39 Å². The van der Waals surface area contributed by atoms with Crippen LogP contribution in [0, 0.1) is 5.82 Å². The number of hydrogen-bond acceptors (Lipinski definition) is 4. The summed E-state index contributed by atoms with van der Waals surface area (Å²) in [5.74, 6) is -0.208. The zero-order chi connectivity index (χ0) is 16.7. The van der Waals surface area contributed by atoms with E-state index in [1.165, 1.54) is 31.4 Å². The number of esters is 1. The van der Waals surface area contributed by atoms with Crippen LogP contribution in [0.2, 0.25) is 0 Å². The molecule has 0 spiro atoms. The van der Waals surface area contributed by atoms with Crippen LogP contribution in [0.3, 0.4) is 0 Å². The number of carbonyl (C=O) groups excluding carboxylic acids is 2. The lowest BCUT2D eigenvalue weighted by Crippen LogP contribution is -2.08. The van der Waals surface area contributed by atoms with Crippen molar-refractivity contribution in [3.8, 4) is 0 Å². The lowest BCUT2D eigenvalue weighted by atomic mass is 10.2. The standard InChI is InChI=1S/C17H16FNO4/c1-22-17(21)11-9-13-7-6-12(23-13)8-10-16(20)19-15-5-3-2-4-14(15)18/h2-8,10H,9,11H2,1H3,(H,19,20)/b10-8+. The summed E-state index contributed by atoms with van der Waals surface area (Å²) < 4.78 is 23.4. The van der Waals surface area contributed by atoms with E-state index in [4.69, 9.17) is 4.42 Å². The lowest BCUT2D eigenvalue weighted by molar-refractivity contribution is -0.140. The number of para-hydroxylation sites is 1. The first kappa shape index (κ1) is 16.5. The molecule has 1 N–H and O–H groups in total. The van der Waals surface area contributed by atoms with Crippen LogP contribution in [0.25, 0.3) is 6.08 Å². The van der Waals surface area contributed by atoms with Gasteiger partial charge in [0.05, 0.1) is 19.2 Å². The van der Waals surface area contributed by atoms with Gasteiger partial charge in [0.1, 0.15) is 17.3 Å². The average molecular weight is 317 g/mol. The summed E-state index contributed by atoms with van der Waals surface area (Å²) in [6, 6.07) is 9.30. The Bertz CT molecular complexity index is 721. The molecule has 6 heteroatoms. The number of amides is 1. The first-order valence-electron chi connectivity index (χ1n) is 6.97. The number of hydrogen-bond donors (Lipinski definition) is 1. The SMILES string of the molecule is COC(=O)CCc1ccc(/C=C/C(=O)Nc2ccccc2F)o1. The third kappa shape index (κ3) is 5.10. The number of nitrogens with one attached hydrogen (secondary N) is 1. The van der Waals surface area contributed by atoms with Crippen molar-refractivity contribution < 1.29 is 23.1 Å². The maximum absolute atomic E-state index is 13.4. The quantitative estimate of drug-likeness (QED) is 0.656. The van der Waals surface area contributed by atoms with Crippen LogP contribution >= 0.6 is 0 Å². The Balaban J connectivity index is 1.90. The first-order valence-corrected chi connectivity index (χ1v) is 6.97. The molecule has 2 aromatic rings. The molecule has 23 heavy (non-hydrogen) atoms. The molecular formula is C17H16FNO4. The minimum absolute atomic E-state index is 0.111. The second kappa shape index (κ2) is 7.93. The van der Waals surface area contributed by atoms with Gasteiger partial charge in [-0.3, -0.25) is 9.59 Å². The Labute approximate surface area is 132 Å². The molecule has 0 atom stereocenters. The number of aryl methyl sites for hydroxylation is 1. The molecule has 0 saturated carbocycles. The van der Waals surface area contributed by atoms with E-state index < -0.39 is 11.7 Å². The number of carbonyl (C=O) groups is 2. The fourth-order valence-electron chi connectivity index (χ4n) is 1.84. The van der Waals surface area contributed by atoms with Gasteiger partial charge in [-0.05, 0) is 30.3 Å². The van der Waals surface area contributed by atoms with E-state index in [0.29, 0.717) is 17.9 Å². The normalized spacial score (nSPS) is 10.7. The summed E-state index contributed by atoms with van der Waals surface area (Å²) in [6.45, 7) is 0. The molecule has 0 unspecified atom stereocenters. The highest BCUT2D eigenvalue weighted by atomic mass is 19.1. The monoisotopic (exact) mass is 317 g/mol. The average Bonchev–Trinajstić information content (AvgIpc) is 3.01. The number of furan rings is 1. The Hall–Kier alpha value is -2.89. The molecule has 5 nitrogen and oxygen atoms in total. The summed E-state index contributed by atoms with van der Waals surface area (Å²) in [5, 5.41) is 2.43. The van der Waals surface area contributed by atoms with E-state index in [2.05, 4.69) is 10.1 Å². The molecule has 1 heterocycles. The highest BCUT2D eigenvalue weighted by molar-refractivity contribution is 6.01. The summed E-state index contributed by atoms with van der Waals surface area (Å²) >= 11 is 0. The van der Waals surface area contributed by atoms with Gasteiger partial charge >= 0.3 is 5.97 Å². The molecule has 0 radical (unpaired) electrons. The minimum atomic E-state index is -0.502. The highest BCUT2D eigenvalue weighted by Gasteiger charge is 2.06. The zero-order valence-electron chi connectivity index (χ0n) is 12.5. The molecule has 2 rings (SSSR count). The van der Waals surface area contributed by atoms with Crippen LogP contribution in [0.5, 0.6) is 0 Å². The second-order valence-electron chi connectivity index (χ2n) is 4.68. The number of anilines is 1. The molecule has 0 aliphatic heterocycles. The van der Waals surface area contributed by atoms with Crippen LogP contribution in [-0.4, -0.2) is 19.0 Å². The van der Waals surface area contributed by atoms with E-state index in [1.54, 1.807) is 24.3 Å². The topological polar surface area (TPSA) is 68.5 Å². The fourth-order valence-corrected chi connectivity index (χ4v) is 1.84. The number of ether oxygens (including phenoxy) is 1. The minimum Gasteiger partial charge on any atom is -0.469 e. The maximum Gasteiger partial charge on any atom is 0.305 e. The molecule has 1 aromatic heterocycles. The molecule has 0 fully saturated rings. The molecule has 1 amide bonds. The molecule has 0 bridgehead atoms. The summed E-state index contributed by atoms with van der Waals surface area (Å²) in [4.78, 5) is 22.8. The van der Waals surface area contributed by atoms with E-state index in [0.717, 1.165) is 0 Å². The third-order valence-corrected chi connectivity index (χ3v) is 3.02. The number of rotatable bonds is 6. The summed E-state index contributed by atoms with van der Waals surface area (Å²) in [5.41, 5.74) is 0.111. The largest absolute Gasteiger partial charge is 0.469 e. The van der Waals surface area contributed by atoms with Crippen molar-refractivity contribution in [2.75, 3.05) is 12.4 Å². The van der Waals surface area contributed by atoms with Crippen molar-refractivity contribution in [3.05, 3.63) is 59.8 Å². The Morgan fingerprint density at radius 3 is 2.78 bits per heavy atom. The summed E-state index contributed by atoms with van der Waals surface area (Å²) in [6.07, 6.45) is 3.36. The predicted octanol–water partition coefficient (Wildman–Crippen LogP) is 3.18. The zero-order valence-corrected chi connectivity index (χ0v) is 12.5. The van der Waals surface area contributed by atoms with Crippen molar-refractivity contribution >= 4 is 23.6 Å². The Morgan fingerprint density at radius 2 is 2.04 bits per heavy atom. The number of benzene rings is 1. The van der Waals surface area contributed by atoms with Crippen molar-refractivity contribution in [1.29, 1.82) is 0 Å².